The van der Waals surface area contributed by atoms with Crippen LogP contribution in [0.2, 0.25) is 0 Å². The highest BCUT2D eigenvalue weighted by atomic mass is 32.2. The van der Waals surface area contributed by atoms with E-state index >= 15 is 0 Å². The number of esters is 1. The fraction of sp³-hybridized carbons (Fsp3) is 0.211. The standard InChI is InChI=1S/C19H16N2O6S/c1-2-27-19(26)11-5-7-12(8-6-11)21-15(22)10-14(17(21)23)28-16-13(18(24)25)4-3-9-20-16/h3-9,14H,2,10H2,1H3,(H,24,25)/p-1/t14-/m0/s1. The van der Waals surface area contributed by atoms with Gasteiger partial charge >= 0.3 is 5.97 Å². The van der Waals surface area contributed by atoms with Gasteiger partial charge in [-0.15, -0.1) is 0 Å². The number of ether oxygens (including phenoxy) is 1. The third-order valence-corrected chi connectivity index (χ3v) is 5.19. The summed E-state index contributed by atoms with van der Waals surface area (Å²) in [6, 6.07) is 8.71. The molecule has 9 heteroatoms. The first-order valence-electron chi connectivity index (χ1n) is 8.39. The van der Waals surface area contributed by atoms with Crippen molar-refractivity contribution in [2.75, 3.05) is 11.5 Å². The Bertz CT molecular complexity index is 944. The van der Waals surface area contributed by atoms with Crippen molar-refractivity contribution in [2.24, 2.45) is 0 Å². The van der Waals surface area contributed by atoms with Gasteiger partial charge < -0.3 is 14.6 Å². The van der Waals surface area contributed by atoms with Crippen LogP contribution in [-0.2, 0) is 14.3 Å². The van der Waals surface area contributed by atoms with Crippen molar-refractivity contribution < 1.29 is 29.0 Å². The fourth-order valence-corrected chi connectivity index (χ4v) is 3.80. The van der Waals surface area contributed by atoms with Crippen LogP contribution in [0.15, 0.2) is 47.6 Å². The summed E-state index contributed by atoms with van der Waals surface area (Å²) in [6.07, 6.45) is 1.31. The van der Waals surface area contributed by atoms with Crippen LogP contribution in [0.25, 0.3) is 0 Å². The van der Waals surface area contributed by atoms with Crippen molar-refractivity contribution in [3.8, 4) is 0 Å². The number of carboxylic acids is 1. The third kappa shape index (κ3) is 3.89. The normalized spacial score (nSPS) is 16.3. The molecule has 144 valence electrons. The van der Waals surface area contributed by atoms with Gasteiger partial charge in [0.15, 0.2) is 0 Å². The van der Waals surface area contributed by atoms with E-state index in [1.54, 1.807) is 6.92 Å². The van der Waals surface area contributed by atoms with Crippen LogP contribution >= 0.6 is 11.8 Å². The lowest BCUT2D eigenvalue weighted by Gasteiger charge is -2.16. The summed E-state index contributed by atoms with van der Waals surface area (Å²) < 4.78 is 4.90. The molecule has 1 fully saturated rings. The van der Waals surface area contributed by atoms with Crippen molar-refractivity contribution >= 4 is 41.2 Å². The molecule has 0 unspecified atom stereocenters. The molecule has 3 rings (SSSR count). The number of nitrogens with zero attached hydrogens (tertiary/aromatic N) is 2. The summed E-state index contributed by atoms with van der Waals surface area (Å²) >= 11 is 0.913. The smallest absolute Gasteiger partial charge is 0.338 e. The Morgan fingerprint density at radius 2 is 1.96 bits per heavy atom. The number of benzene rings is 1. The monoisotopic (exact) mass is 399 g/mol. The molecule has 2 amide bonds. The summed E-state index contributed by atoms with van der Waals surface area (Å²) in [5.41, 5.74) is 0.500. The van der Waals surface area contributed by atoms with E-state index in [0.29, 0.717) is 11.3 Å². The molecule has 2 aromatic rings. The Labute approximate surface area is 164 Å². The van der Waals surface area contributed by atoms with Crippen molar-refractivity contribution in [2.45, 2.75) is 23.6 Å². The van der Waals surface area contributed by atoms with Gasteiger partial charge in [-0.3, -0.25) is 9.59 Å². The second-order valence-electron chi connectivity index (χ2n) is 5.79. The summed E-state index contributed by atoms with van der Waals surface area (Å²) in [4.78, 5) is 53.0. The van der Waals surface area contributed by atoms with Crippen molar-refractivity contribution in [3.05, 3.63) is 53.7 Å². The molecule has 0 aliphatic carbocycles. The summed E-state index contributed by atoms with van der Waals surface area (Å²) in [6.45, 7) is 1.93. The molecule has 0 saturated carbocycles. The second-order valence-corrected chi connectivity index (χ2v) is 6.98. The lowest BCUT2D eigenvalue weighted by atomic mass is 10.2. The largest absolute Gasteiger partial charge is 0.545 e. The number of aromatic nitrogens is 1. The Hall–Kier alpha value is -3.20. The van der Waals surface area contributed by atoms with Crippen LogP contribution in [0, 0.1) is 0 Å². The Balaban J connectivity index is 1.79. The Morgan fingerprint density at radius 3 is 2.61 bits per heavy atom. The molecule has 2 heterocycles. The quantitative estimate of drug-likeness (QED) is 0.523. The first-order valence-corrected chi connectivity index (χ1v) is 9.27. The Kier molecular flexibility index (Phi) is 5.74. The van der Waals surface area contributed by atoms with Gasteiger partial charge in [0, 0.05) is 18.2 Å². The molecule has 1 saturated heterocycles. The molecule has 8 nitrogen and oxygen atoms in total. The molecule has 0 bridgehead atoms. The van der Waals surface area contributed by atoms with Crippen LogP contribution in [-0.4, -0.2) is 40.6 Å². The molecule has 1 atom stereocenters. The summed E-state index contributed by atoms with van der Waals surface area (Å²) in [7, 11) is 0. The van der Waals surface area contributed by atoms with Crippen LogP contribution in [0.3, 0.4) is 0 Å². The number of thioether (sulfide) groups is 1. The molecule has 0 N–H and O–H groups in total. The van der Waals surface area contributed by atoms with Gasteiger partial charge in [0.1, 0.15) is 5.03 Å². The molecule has 0 spiro atoms. The van der Waals surface area contributed by atoms with Gasteiger partial charge in [-0.25, -0.2) is 14.7 Å². The second kappa shape index (κ2) is 8.22. The van der Waals surface area contributed by atoms with Crippen LogP contribution in [0.1, 0.15) is 34.1 Å². The predicted molar refractivity (Wildman–Crippen MR) is 97.7 cm³/mol. The van der Waals surface area contributed by atoms with Gasteiger partial charge in [-0.1, -0.05) is 11.8 Å². The van der Waals surface area contributed by atoms with Crippen LogP contribution < -0.4 is 10.0 Å². The van der Waals surface area contributed by atoms with E-state index < -0.39 is 29.0 Å². The number of aromatic carboxylic acids is 1. The average Bonchev–Trinajstić information content (AvgIpc) is 2.95. The van der Waals surface area contributed by atoms with E-state index in [0.717, 1.165) is 16.7 Å². The number of hydrogen-bond donors (Lipinski definition) is 0. The summed E-state index contributed by atoms with van der Waals surface area (Å²) in [5, 5.41) is 10.5. The fourth-order valence-electron chi connectivity index (χ4n) is 2.70. The van der Waals surface area contributed by atoms with Gasteiger partial charge in [-0.2, -0.15) is 0 Å². The molecule has 1 aromatic heterocycles. The maximum absolute atomic E-state index is 12.7. The Morgan fingerprint density at radius 1 is 1.25 bits per heavy atom. The first-order chi connectivity index (χ1) is 13.4. The van der Waals surface area contributed by atoms with E-state index in [1.165, 1.54) is 42.6 Å². The number of carbonyl (C=O) groups is 4. The van der Waals surface area contributed by atoms with Gasteiger partial charge in [-0.05, 0) is 43.3 Å². The minimum atomic E-state index is -1.40. The minimum absolute atomic E-state index is 0.0911. The molecular weight excluding hydrogens is 384 g/mol. The molecule has 1 aliphatic rings. The van der Waals surface area contributed by atoms with Crippen molar-refractivity contribution in [3.63, 3.8) is 0 Å². The number of rotatable bonds is 6. The third-order valence-electron chi connectivity index (χ3n) is 3.99. The average molecular weight is 399 g/mol. The lowest BCUT2D eigenvalue weighted by molar-refractivity contribution is -0.255. The number of carbonyl (C=O) groups excluding carboxylic acids is 4. The predicted octanol–water partition coefficient (Wildman–Crippen LogP) is 1.05. The van der Waals surface area contributed by atoms with Crippen LogP contribution in [0.5, 0.6) is 0 Å². The van der Waals surface area contributed by atoms with Gasteiger partial charge in [0.05, 0.1) is 29.1 Å². The van der Waals surface area contributed by atoms with E-state index in [1.807, 2.05) is 0 Å². The highest BCUT2D eigenvalue weighted by Crippen LogP contribution is 2.34. The number of imide groups is 1. The molecular formula is C19H15N2O6S-. The van der Waals surface area contributed by atoms with Crippen molar-refractivity contribution in [1.82, 2.24) is 4.98 Å². The van der Waals surface area contributed by atoms with Crippen molar-refractivity contribution in [1.29, 1.82) is 0 Å². The zero-order valence-electron chi connectivity index (χ0n) is 14.8. The highest BCUT2D eigenvalue weighted by Gasteiger charge is 2.40. The first kappa shape index (κ1) is 19.6. The molecule has 28 heavy (non-hydrogen) atoms. The molecule has 1 aromatic carbocycles. The summed E-state index contributed by atoms with van der Waals surface area (Å²) in [5.74, 6) is -2.79. The minimum Gasteiger partial charge on any atom is -0.545 e. The van der Waals surface area contributed by atoms with E-state index in [4.69, 9.17) is 4.74 Å². The number of hydrogen-bond acceptors (Lipinski definition) is 8. The molecule has 1 aliphatic heterocycles. The maximum Gasteiger partial charge on any atom is 0.338 e. The van der Waals surface area contributed by atoms with E-state index in [-0.39, 0.29) is 23.6 Å². The van der Waals surface area contributed by atoms with E-state index in [9.17, 15) is 24.3 Å². The lowest BCUT2D eigenvalue weighted by Crippen LogP contribution is -2.31. The number of anilines is 1. The number of amides is 2. The van der Waals surface area contributed by atoms with Gasteiger partial charge in [0.2, 0.25) is 11.8 Å². The highest BCUT2D eigenvalue weighted by molar-refractivity contribution is 8.00. The maximum atomic E-state index is 12.7. The van der Waals surface area contributed by atoms with E-state index in [2.05, 4.69) is 4.98 Å². The topological polar surface area (TPSA) is 117 Å². The van der Waals surface area contributed by atoms with Crippen LogP contribution in [0.4, 0.5) is 5.69 Å². The zero-order valence-corrected chi connectivity index (χ0v) is 15.6. The molecule has 0 radical (unpaired) electrons. The SMILES string of the molecule is CCOC(=O)c1ccc(N2C(=O)C[C@H](Sc3ncccc3C(=O)[O-])C2=O)cc1. The number of carboxylic acid groups (broad SMARTS) is 1. The zero-order chi connectivity index (χ0) is 20.3. The van der Waals surface area contributed by atoms with Gasteiger partial charge in [0.25, 0.3) is 0 Å². The number of pyridine rings is 1.